The van der Waals surface area contributed by atoms with E-state index in [0.29, 0.717) is 37.4 Å². The van der Waals surface area contributed by atoms with Crippen molar-refractivity contribution in [1.82, 2.24) is 15.4 Å². The molecule has 0 bridgehead atoms. The van der Waals surface area contributed by atoms with Crippen molar-refractivity contribution in [3.05, 3.63) is 59.1 Å². The minimum atomic E-state index is -0.420. The van der Waals surface area contributed by atoms with Gasteiger partial charge in [-0.25, -0.2) is 0 Å². The predicted octanol–water partition coefficient (Wildman–Crippen LogP) is 1.33. The van der Waals surface area contributed by atoms with Crippen LogP contribution >= 0.6 is 0 Å². The van der Waals surface area contributed by atoms with Crippen LogP contribution in [0.15, 0.2) is 41.1 Å². The monoisotopic (exact) mass is 445 g/mol. The van der Waals surface area contributed by atoms with Crippen molar-refractivity contribution in [3.8, 4) is 0 Å². The maximum absolute atomic E-state index is 12.1. The van der Waals surface area contributed by atoms with Gasteiger partial charge < -0.3 is 31.2 Å². The second-order valence-corrected chi connectivity index (χ2v) is 7.19. The van der Waals surface area contributed by atoms with E-state index in [1.807, 2.05) is 57.0 Å². The summed E-state index contributed by atoms with van der Waals surface area (Å²) in [5, 5.41) is 16.1. The first-order valence-corrected chi connectivity index (χ1v) is 10.6. The van der Waals surface area contributed by atoms with E-state index in [1.54, 1.807) is 6.07 Å². The standard InChI is InChI=1S/C15H22N4O2.C6H7NO2.C2H6/c1-19-9-12(20)6-14(19)15(21)18-8-10-2-4-11(5-3-10)13(17)7-16;1-5-4-6(2-3-8)9-7-5;1-2/h2-5,7,12,14,20H,6,8-9,16-17H2,1H3,(H,18,21);3-4H,2H2,1H3;1-2H3/b13-7-;;/t12-,14?;;/m1../s1. The van der Waals surface area contributed by atoms with Crippen LogP contribution in [0.25, 0.3) is 5.70 Å². The molecule has 6 N–H and O–H groups in total. The van der Waals surface area contributed by atoms with Crippen molar-refractivity contribution in [3.63, 3.8) is 0 Å². The quantitative estimate of drug-likeness (QED) is 0.487. The number of aryl methyl sites for hydroxylation is 1. The summed E-state index contributed by atoms with van der Waals surface area (Å²) >= 11 is 0. The number of aliphatic hydroxyl groups is 1. The zero-order chi connectivity index (χ0) is 24.1. The highest BCUT2D eigenvalue weighted by Crippen LogP contribution is 2.16. The number of carbonyl (C=O) groups excluding carboxylic acids is 2. The molecule has 9 nitrogen and oxygen atoms in total. The number of hydrogen-bond acceptors (Lipinski definition) is 8. The average Bonchev–Trinajstić information content (AvgIpc) is 3.37. The second kappa shape index (κ2) is 14.0. The number of amides is 1. The lowest BCUT2D eigenvalue weighted by molar-refractivity contribution is -0.125. The van der Waals surface area contributed by atoms with Crippen molar-refractivity contribution in [2.24, 2.45) is 11.5 Å². The van der Waals surface area contributed by atoms with Crippen LogP contribution in [0.4, 0.5) is 0 Å². The fourth-order valence-electron chi connectivity index (χ4n) is 3.09. The smallest absolute Gasteiger partial charge is 0.237 e. The molecule has 0 aliphatic carbocycles. The molecule has 1 amide bonds. The van der Waals surface area contributed by atoms with Crippen molar-refractivity contribution in [1.29, 1.82) is 0 Å². The van der Waals surface area contributed by atoms with Crippen LogP contribution < -0.4 is 16.8 Å². The van der Waals surface area contributed by atoms with Gasteiger partial charge in [-0.05, 0) is 31.5 Å². The molecule has 0 saturated carbocycles. The average molecular weight is 446 g/mol. The van der Waals surface area contributed by atoms with E-state index < -0.39 is 6.10 Å². The Bertz CT molecular complexity index is 864. The zero-order valence-corrected chi connectivity index (χ0v) is 19.2. The lowest BCUT2D eigenvalue weighted by atomic mass is 10.1. The van der Waals surface area contributed by atoms with Crippen LogP contribution in [0.5, 0.6) is 0 Å². The molecule has 2 atom stereocenters. The number of likely N-dealkylation sites (tertiary alicyclic amines) is 1. The molecule has 1 unspecified atom stereocenters. The number of aliphatic hydroxyl groups excluding tert-OH is 1. The normalized spacial score (nSPS) is 18.1. The molecular weight excluding hydrogens is 410 g/mol. The largest absolute Gasteiger partial charge is 0.403 e. The maximum Gasteiger partial charge on any atom is 0.237 e. The van der Waals surface area contributed by atoms with Crippen molar-refractivity contribution in [2.45, 2.75) is 52.3 Å². The Morgan fingerprint density at radius 1 is 1.34 bits per heavy atom. The van der Waals surface area contributed by atoms with E-state index in [4.69, 9.17) is 16.0 Å². The fourth-order valence-corrected chi connectivity index (χ4v) is 3.09. The Kier molecular flexibility index (Phi) is 11.8. The topological polar surface area (TPSA) is 148 Å². The zero-order valence-electron chi connectivity index (χ0n) is 19.2. The minimum absolute atomic E-state index is 0.0560. The number of β-amino-alcohol motifs (C(OH)–C–C–N with tert-alkyl or cyclic N) is 1. The van der Waals surface area contributed by atoms with Gasteiger partial charge in [0.1, 0.15) is 12.0 Å². The van der Waals surface area contributed by atoms with Gasteiger partial charge in [-0.3, -0.25) is 9.69 Å². The van der Waals surface area contributed by atoms with Gasteiger partial charge in [-0.1, -0.05) is 43.3 Å². The van der Waals surface area contributed by atoms with Crippen LogP contribution in [0.3, 0.4) is 0 Å². The number of aldehydes is 1. The number of carbonyl (C=O) groups is 2. The molecule has 32 heavy (non-hydrogen) atoms. The van der Waals surface area contributed by atoms with Crippen LogP contribution in [0.1, 0.15) is 42.8 Å². The van der Waals surface area contributed by atoms with E-state index in [0.717, 1.165) is 23.1 Å². The van der Waals surface area contributed by atoms with Gasteiger partial charge in [0.2, 0.25) is 5.91 Å². The summed E-state index contributed by atoms with van der Waals surface area (Å²) < 4.78 is 4.72. The van der Waals surface area contributed by atoms with E-state index >= 15 is 0 Å². The molecule has 1 fully saturated rings. The summed E-state index contributed by atoms with van der Waals surface area (Å²) in [5.41, 5.74) is 14.2. The number of aromatic nitrogens is 1. The highest BCUT2D eigenvalue weighted by Gasteiger charge is 2.33. The lowest BCUT2D eigenvalue weighted by Gasteiger charge is -2.18. The van der Waals surface area contributed by atoms with Gasteiger partial charge in [-0.15, -0.1) is 0 Å². The fraction of sp³-hybridized carbons (Fsp3) is 0.435. The molecule has 1 aromatic heterocycles. The van der Waals surface area contributed by atoms with Gasteiger partial charge >= 0.3 is 0 Å². The highest BCUT2D eigenvalue weighted by atomic mass is 16.5. The van der Waals surface area contributed by atoms with E-state index in [1.165, 1.54) is 6.20 Å². The molecule has 9 heteroatoms. The van der Waals surface area contributed by atoms with E-state index in [-0.39, 0.29) is 11.9 Å². The highest BCUT2D eigenvalue weighted by molar-refractivity contribution is 5.82. The van der Waals surface area contributed by atoms with Crippen molar-refractivity contribution in [2.75, 3.05) is 13.6 Å². The molecule has 0 spiro atoms. The van der Waals surface area contributed by atoms with Gasteiger partial charge in [0.15, 0.2) is 0 Å². The summed E-state index contributed by atoms with van der Waals surface area (Å²) in [6.07, 6.45) is 2.54. The summed E-state index contributed by atoms with van der Waals surface area (Å²) in [4.78, 5) is 23.9. The lowest BCUT2D eigenvalue weighted by Crippen LogP contribution is -2.41. The first-order chi connectivity index (χ1) is 15.3. The van der Waals surface area contributed by atoms with Gasteiger partial charge in [-0.2, -0.15) is 0 Å². The Labute approximate surface area is 189 Å². The number of nitrogens with one attached hydrogen (secondary N) is 1. The molecular formula is C23H35N5O4. The van der Waals surface area contributed by atoms with E-state index in [9.17, 15) is 14.7 Å². The summed E-state index contributed by atoms with van der Waals surface area (Å²) in [6, 6.07) is 9.03. The Balaban J connectivity index is 0.000000388. The van der Waals surface area contributed by atoms with Crippen LogP contribution in [0, 0.1) is 6.92 Å². The third-order valence-electron chi connectivity index (χ3n) is 4.72. The molecule has 176 valence electrons. The SMILES string of the molecule is CC.CN1C[C@H](O)CC1C(=O)NCc1ccc(/C(N)=C/N)cc1.Cc1cc(CC=O)on1. The van der Waals surface area contributed by atoms with Crippen molar-refractivity contribution >= 4 is 17.9 Å². The number of hydrogen-bond donors (Lipinski definition) is 4. The third kappa shape index (κ3) is 8.52. The minimum Gasteiger partial charge on any atom is -0.403 e. The Morgan fingerprint density at radius 3 is 2.47 bits per heavy atom. The van der Waals surface area contributed by atoms with Crippen molar-refractivity contribution < 1.29 is 19.2 Å². The molecule has 1 saturated heterocycles. The number of likely N-dealkylation sites (N-methyl/N-ethyl adjacent to an activating group) is 1. The number of rotatable bonds is 6. The van der Waals surface area contributed by atoms with Crippen LogP contribution in [0.2, 0.25) is 0 Å². The molecule has 2 heterocycles. The molecule has 1 aliphatic heterocycles. The number of nitrogens with two attached hydrogens (primary N) is 2. The van der Waals surface area contributed by atoms with Crippen LogP contribution in [-0.2, 0) is 22.6 Å². The number of benzene rings is 1. The molecule has 0 radical (unpaired) electrons. The Hall–Kier alpha value is -3.17. The molecule has 1 aromatic carbocycles. The summed E-state index contributed by atoms with van der Waals surface area (Å²) in [6.45, 7) is 6.81. The molecule has 1 aliphatic rings. The maximum atomic E-state index is 12.1. The predicted molar refractivity (Wildman–Crippen MR) is 124 cm³/mol. The first kappa shape index (κ1) is 26.9. The number of nitrogens with zero attached hydrogens (tertiary/aromatic N) is 2. The third-order valence-corrected chi connectivity index (χ3v) is 4.72. The van der Waals surface area contributed by atoms with Gasteiger partial charge in [0.05, 0.1) is 30.0 Å². The first-order valence-electron chi connectivity index (χ1n) is 10.6. The molecule has 2 aromatic rings. The van der Waals surface area contributed by atoms with Gasteiger partial charge in [0.25, 0.3) is 0 Å². The Morgan fingerprint density at radius 2 is 2.00 bits per heavy atom. The summed E-state index contributed by atoms with van der Waals surface area (Å²) in [5.74, 6) is 0.571. The van der Waals surface area contributed by atoms with Gasteiger partial charge in [0, 0.05) is 25.4 Å². The van der Waals surface area contributed by atoms with Crippen LogP contribution in [-0.4, -0.2) is 53.1 Å². The molecule has 3 rings (SSSR count). The van der Waals surface area contributed by atoms with E-state index in [2.05, 4.69) is 10.5 Å². The second-order valence-electron chi connectivity index (χ2n) is 7.19. The summed E-state index contributed by atoms with van der Waals surface area (Å²) in [7, 11) is 1.84.